The van der Waals surface area contributed by atoms with Gasteiger partial charge >= 0.3 is 6.09 Å². The van der Waals surface area contributed by atoms with Crippen molar-refractivity contribution < 1.29 is 9.90 Å². The van der Waals surface area contributed by atoms with E-state index in [9.17, 15) is 4.79 Å². The van der Waals surface area contributed by atoms with Gasteiger partial charge < -0.3 is 5.11 Å². The van der Waals surface area contributed by atoms with Gasteiger partial charge in [0.25, 0.3) is 0 Å². The zero-order valence-corrected chi connectivity index (χ0v) is 8.69. The third kappa shape index (κ3) is 2.05. The molecule has 76 valence electrons. The fraction of sp³-hybridized carbons (Fsp3) is 0.364. The summed E-state index contributed by atoms with van der Waals surface area (Å²) >= 11 is 0. The zero-order chi connectivity index (χ0) is 10.7. The van der Waals surface area contributed by atoms with E-state index in [0.717, 1.165) is 11.3 Å². The SMILES string of the molecule is CC(C)c1ccccc1N(C)C(=O)O. The molecule has 0 aromatic heterocycles. The highest BCUT2D eigenvalue weighted by atomic mass is 16.4. The van der Waals surface area contributed by atoms with Crippen LogP contribution >= 0.6 is 0 Å². The molecule has 1 aromatic rings. The van der Waals surface area contributed by atoms with E-state index < -0.39 is 6.09 Å². The van der Waals surface area contributed by atoms with Gasteiger partial charge in [0.2, 0.25) is 0 Å². The molecule has 0 saturated carbocycles. The smallest absolute Gasteiger partial charge is 0.411 e. The van der Waals surface area contributed by atoms with Gasteiger partial charge in [-0.1, -0.05) is 32.0 Å². The van der Waals surface area contributed by atoms with Crippen LogP contribution in [0.1, 0.15) is 25.3 Å². The van der Waals surface area contributed by atoms with Crippen LogP contribution in [-0.4, -0.2) is 18.2 Å². The van der Waals surface area contributed by atoms with Crippen LogP contribution in [-0.2, 0) is 0 Å². The van der Waals surface area contributed by atoms with Gasteiger partial charge in [-0.3, -0.25) is 4.90 Å². The molecule has 1 rings (SSSR count). The summed E-state index contributed by atoms with van der Waals surface area (Å²) in [4.78, 5) is 12.0. The number of hydrogen-bond donors (Lipinski definition) is 1. The van der Waals surface area contributed by atoms with Crippen LogP contribution in [0.15, 0.2) is 24.3 Å². The van der Waals surface area contributed by atoms with Gasteiger partial charge in [0.1, 0.15) is 0 Å². The molecule has 1 N–H and O–H groups in total. The van der Waals surface area contributed by atoms with Crippen molar-refractivity contribution in [1.82, 2.24) is 0 Å². The summed E-state index contributed by atoms with van der Waals surface area (Å²) in [6.45, 7) is 4.10. The standard InChI is InChI=1S/C11H15NO2/c1-8(2)9-6-4-5-7-10(9)12(3)11(13)14/h4-8H,1-3H3,(H,13,14). The molecule has 0 atom stereocenters. The van der Waals surface area contributed by atoms with Crippen molar-refractivity contribution in [2.75, 3.05) is 11.9 Å². The minimum Gasteiger partial charge on any atom is -0.465 e. The van der Waals surface area contributed by atoms with Crippen molar-refractivity contribution in [3.05, 3.63) is 29.8 Å². The summed E-state index contributed by atoms with van der Waals surface area (Å²) in [5, 5.41) is 8.87. The summed E-state index contributed by atoms with van der Waals surface area (Å²) in [5.41, 5.74) is 1.81. The Bertz CT molecular complexity index is 334. The number of carboxylic acid groups (broad SMARTS) is 1. The number of rotatable bonds is 2. The molecule has 0 saturated heterocycles. The number of para-hydroxylation sites is 1. The molecule has 3 nitrogen and oxygen atoms in total. The maximum absolute atomic E-state index is 10.8. The summed E-state index contributed by atoms with van der Waals surface area (Å²) in [7, 11) is 1.56. The van der Waals surface area contributed by atoms with E-state index in [2.05, 4.69) is 13.8 Å². The van der Waals surface area contributed by atoms with Crippen molar-refractivity contribution in [2.45, 2.75) is 19.8 Å². The molecule has 0 aliphatic rings. The Morgan fingerprint density at radius 2 is 1.93 bits per heavy atom. The van der Waals surface area contributed by atoms with E-state index in [-0.39, 0.29) is 0 Å². The Labute approximate surface area is 84.0 Å². The Balaban J connectivity index is 3.13. The fourth-order valence-corrected chi connectivity index (χ4v) is 1.38. The number of hydrogen-bond acceptors (Lipinski definition) is 1. The number of carbonyl (C=O) groups is 1. The lowest BCUT2D eigenvalue weighted by molar-refractivity contribution is 0.203. The van der Waals surface area contributed by atoms with E-state index in [1.807, 2.05) is 24.3 Å². The predicted molar refractivity (Wildman–Crippen MR) is 57.0 cm³/mol. The maximum Gasteiger partial charge on any atom is 0.411 e. The molecular weight excluding hydrogens is 178 g/mol. The Kier molecular flexibility index (Phi) is 3.12. The molecule has 0 radical (unpaired) electrons. The van der Waals surface area contributed by atoms with Gasteiger partial charge in [0, 0.05) is 7.05 Å². The van der Waals surface area contributed by atoms with E-state index in [1.165, 1.54) is 4.90 Å². The van der Waals surface area contributed by atoms with Gasteiger partial charge in [-0.15, -0.1) is 0 Å². The third-order valence-electron chi connectivity index (χ3n) is 2.21. The lowest BCUT2D eigenvalue weighted by Crippen LogP contribution is -2.25. The lowest BCUT2D eigenvalue weighted by Gasteiger charge is -2.19. The van der Waals surface area contributed by atoms with E-state index >= 15 is 0 Å². The van der Waals surface area contributed by atoms with E-state index in [0.29, 0.717) is 5.92 Å². The largest absolute Gasteiger partial charge is 0.465 e. The van der Waals surface area contributed by atoms with E-state index in [4.69, 9.17) is 5.11 Å². The third-order valence-corrected chi connectivity index (χ3v) is 2.21. The minimum atomic E-state index is -0.932. The normalized spacial score (nSPS) is 10.3. The second kappa shape index (κ2) is 4.13. The maximum atomic E-state index is 10.8. The average Bonchev–Trinajstić information content (AvgIpc) is 2.16. The van der Waals surface area contributed by atoms with Crippen LogP contribution in [0.2, 0.25) is 0 Å². The molecule has 0 aliphatic carbocycles. The average molecular weight is 193 g/mol. The lowest BCUT2D eigenvalue weighted by atomic mass is 10.0. The van der Waals surface area contributed by atoms with E-state index in [1.54, 1.807) is 7.05 Å². The zero-order valence-electron chi connectivity index (χ0n) is 8.69. The molecule has 3 heteroatoms. The highest BCUT2D eigenvalue weighted by molar-refractivity contribution is 5.86. The van der Waals surface area contributed by atoms with Gasteiger partial charge in [-0.25, -0.2) is 4.79 Å². The highest BCUT2D eigenvalue weighted by Crippen LogP contribution is 2.26. The second-order valence-electron chi connectivity index (χ2n) is 3.56. The topological polar surface area (TPSA) is 40.5 Å². The highest BCUT2D eigenvalue weighted by Gasteiger charge is 2.13. The Morgan fingerprint density at radius 3 is 2.43 bits per heavy atom. The number of nitrogens with zero attached hydrogens (tertiary/aromatic N) is 1. The minimum absolute atomic E-state index is 0.327. The molecule has 1 amide bonds. The van der Waals surface area contributed by atoms with Gasteiger partial charge in [0.05, 0.1) is 5.69 Å². The van der Waals surface area contributed by atoms with Gasteiger partial charge in [-0.05, 0) is 17.5 Å². The molecule has 0 unspecified atom stereocenters. The molecule has 14 heavy (non-hydrogen) atoms. The van der Waals surface area contributed by atoms with Crippen LogP contribution in [0.4, 0.5) is 10.5 Å². The first kappa shape index (κ1) is 10.6. The first-order chi connectivity index (χ1) is 6.54. The summed E-state index contributed by atoms with van der Waals surface area (Å²) in [5.74, 6) is 0.327. The van der Waals surface area contributed by atoms with Crippen molar-refractivity contribution in [3.8, 4) is 0 Å². The van der Waals surface area contributed by atoms with Crippen LogP contribution in [0.25, 0.3) is 0 Å². The summed E-state index contributed by atoms with van der Waals surface area (Å²) in [6, 6.07) is 7.55. The predicted octanol–water partition coefficient (Wildman–Crippen LogP) is 2.92. The molecule has 0 spiro atoms. The number of amides is 1. The Hall–Kier alpha value is -1.51. The number of benzene rings is 1. The monoisotopic (exact) mass is 193 g/mol. The van der Waals surface area contributed by atoms with Gasteiger partial charge in [0.15, 0.2) is 0 Å². The van der Waals surface area contributed by atoms with Crippen molar-refractivity contribution >= 4 is 11.8 Å². The molecule has 0 fully saturated rings. The van der Waals surface area contributed by atoms with Gasteiger partial charge in [-0.2, -0.15) is 0 Å². The van der Waals surface area contributed by atoms with Crippen LogP contribution in [0.5, 0.6) is 0 Å². The van der Waals surface area contributed by atoms with Crippen molar-refractivity contribution in [1.29, 1.82) is 0 Å². The molecule has 1 aromatic carbocycles. The molecular formula is C11H15NO2. The quantitative estimate of drug-likeness (QED) is 0.784. The molecule has 0 bridgehead atoms. The first-order valence-corrected chi connectivity index (χ1v) is 4.59. The van der Waals surface area contributed by atoms with Crippen LogP contribution in [0.3, 0.4) is 0 Å². The number of anilines is 1. The molecule has 0 aliphatic heterocycles. The first-order valence-electron chi connectivity index (χ1n) is 4.59. The molecule has 0 heterocycles. The second-order valence-corrected chi connectivity index (χ2v) is 3.56. The van der Waals surface area contributed by atoms with Crippen LogP contribution < -0.4 is 4.90 Å². The summed E-state index contributed by atoms with van der Waals surface area (Å²) in [6.07, 6.45) is -0.932. The fourth-order valence-electron chi connectivity index (χ4n) is 1.38. The summed E-state index contributed by atoms with van der Waals surface area (Å²) < 4.78 is 0. The van der Waals surface area contributed by atoms with Crippen LogP contribution in [0, 0.1) is 0 Å². The Morgan fingerprint density at radius 1 is 1.36 bits per heavy atom. The van der Waals surface area contributed by atoms with Crippen molar-refractivity contribution in [2.24, 2.45) is 0 Å². The van der Waals surface area contributed by atoms with Crippen molar-refractivity contribution in [3.63, 3.8) is 0 Å².